The van der Waals surface area contributed by atoms with E-state index in [0.29, 0.717) is 17.8 Å². The highest BCUT2D eigenvalue weighted by atomic mass is 19.1. The molecule has 0 unspecified atom stereocenters. The van der Waals surface area contributed by atoms with Crippen LogP contribution in [-0.2, 0) is 13.0 Å². The summed E-state index contributed by atoms with van der Waals surface area (Å²) in [5, 5.41) is 0. The number of carbonyl (C=O) groups is 1. The molecule has 34 heavy (non-hydrogen) atoms. The Labute approximate surface area is 199 Å². The summed E-state index contributed by atoms with van der Waals surface area (Å²) in [6, 6.07) is 23.2. The van der Waals surface area contributed by atoms with Crippen LogP contribution in [0.2, 0.25) is 0 Å². The minimum absolute atomic E-state index is 0.150. The van der Waals surface area contributed by atoms with Crippen molar-refractivity contribution in [3.63, 3.8) is 0 Å². The number of halogens is 1. The van der Waals surface area contributed by atoms with Gasteiger partial charge in [-0.3, -0.25) is 9.78 Å². The second-order valence-electron chi connectivity index (χ2n) is 8.25. The van der Waals surface area contributed by atoms with Gasteiger partial charge in [-0.25, -0.2) is 9.37 Å². The number of amides is 1. The summed E-state index contributed by atoms with van der Waals surface area (Å²) >= 11 is 0. The third-order valence-corrected chi connectivity index (χ3v) is 5.65. The molecule has 0 fully saturated rings. The maximum absolute atomic E-state index is 13.5. The first kappa shape index (κ1) is 23.1. The van der Waals surface area contributed by atoms with Crippen LogP contribution in [-0.4, -0.2) is 29.5 Å². The molecule has 0 aliphatic rings. The lowest BCUT2D eigenvalue weighted by Gasteiger charge is -2.24. The summed E-state index contributed by atoms with van der Waals surface area (Å²) in [6.07, 6.45) is 4.41. The molecule has 0 spiro atoms. The number of rotatable bonds is 8. The van der Waals surface area contributed by atoms with E-state index in [9.17, 15) is 9.18 Å². The fourth-order valence-electron chi connectivity index (χ4n) is 3.61. The van der Waals surface area contributed by atoms with Gasteiger partial charge in [-0.05, 0) is 67.1 Å². The van der Waals surface area contributed by atoms with Gasteiger partial charge in [0.1, 0.15) is 11.6 Å². The zero-order chi connectivity index (χ0) is 23.9. The normalized spacial score (nSPS) is 10.7. The van der Waals surface area contributed by atoms with Crippen LogP contribution >= 0.6 is 0 Å². The Morgan fingerprint density at radius 3 is 2.32 bits per heavy atom. The SMILES string of the molecule is Cc1ccc(C(=O)N(Cc2ccc(N(C)CCc3ccccn3)nc2)c2ccc(F)cc2)cc1. The number of nitrogens with zero attached hydrogens (tertiary/aromatic N) is 4. The topological polar surface area (TPSA) is 49.3 Å². The number of aromatic nitrogens is 2. The van der Waals surface area contributed by atoms with Crippen molar-refractivity contribution < 1.29 is 9.18 Å². The van der Waals surface area contributed by atoms with Crippen molar-refractivity contribution in [2.75, 3.05) is 23.4 Å². The first-order valence-electron chi connectivity index (χ1n) is 11.2. The van der Waals surface area contributed by atoms with E-state index in [2.05, 4.69) is 14.9 Å². The Kier molecular flexibility index (Phi) is 7.28. The Bertz CT molecular complexity index is 1210. The number of benzene rings is 2. The molecular formula is C28H27FN4O. The number of carbonyl (C=O) groups excluding carboxylic acids is 1. The Hall–Kier alpha value is -4.06. The number of aryl methyl sites for hydroxylation is 1. The predicted molar refractivity (Wildman–Crippen MR) is 134 cm³/mol. The quantitative estimate of drug-likeness (QED) is 0.355. The lowest BCUT2D eigenvalue weighted by molar-refractivity contribution is 0.0985. The van der Waals surface area contributed by atoms with E-state index >= 15 is 0 Å². The van der Waals surface area contributed by atoms with Crippen LogP contribution in [0.25, 0.3) is 0 Å². The van der Waals surface area contributed by atoms with E-state index in [-0.39, 0.29) is 11.7 Å². The van der Waals surface area contributed by atoms with E-state index in [0.717, 1.165) is 35.6 Å². The summed E-state index contributed by atoms with van der Waals surface area (Å²) in [6.45, 7) is 3.09. The van der Waals surface area contributed by atoms with Gasteiger partial charge >= 0.3 is 0 Å². The summed E-state index contributed by atoms with van der Waals surface area (Å²) in [5.74, 6) is 0.354. The van der Waals surface area contributed by atoms with Crippen LogP contribution in [0.3, 0.4) is 0 Å². The van der Waals surface area contributed by atoms with Gasteiger partial charge in [0.15, 0.2) is 0 Å². The Morgan fingerprint density at radius 1 is 0.912 bits per heavy atom. The molecule has 2 heterocycles. The monoisotopic (exact) mass is 454 g/mol. The molecule has 0 saturated heterocycles. The molecule has 1 amide bonds. The van der Waals surface area contributed by atoms with Gasteiger partial charge in [-0.15, -0.1) is 0 Å². The molecule has 5 nitrogen and oxygen atoms in total. The molecule has 2 aromatic carbocycles. The van der Waals surface area contributed by atoms with Gasteiger partial charge in [0.05, 0.1) is 6.54 Å². The van der Waals surface area contributed by atoms with E-state index in [1.165, 1.54) is 12.1 Å². The first-order valence-corrected chi connectivity index (χ1v) is 11.2. The molecule has 4 aromatic rings. The van der Waals surface area contributed by atoms with Crippen LogP contribution in [0.15, 0.2) is 91.3 Å². The number of anilines is 2. The van der Waals surface area contributed by atoms with Crippen molar-refractivity contribution in [2.45, 2.75) is 19.9 Å². The maximum atomic E-state index is 13.5. The second kappa shape index (κ2) is 10.7. The van der Waals surface area contributed by atoms with Gasteiger partial charge in [0, 0.05) is 49.4 Å². The van der Waals surface area contributed by atoms with Crippen molar-refractivity contribution in [1.29, 1.82) is 0 Å². The van der Waals surface area contributed by atoms with E-state index in [1.807, 2.05) is 68.6 Å². The summed E-state index contributed by atoms with van der Waals surface area (Å²) in [4.78, 5) is 26.0. The van der Waals surface area contributed by atoms with Crippen molar-refractivity contribution in [2.24, 2.45) is 0 Å². The van der Waals surface area contributed by atoms with Gasteiger partial charge in [0.2, 0.25) is 0 Å². The molecule has 172 valence electrons. The number of pyridine rings is 2. The van der Waals surface area contributed by atoms with Crippen molar-refractivity contribution in [1.82, 2.24) is 9.97 Å². The second-order valence-corrected chi connectivity index (χ2v) is 8.25. The fourth-order valence-corrected chi connectivity index (χ4v) is 3.61. The lowest BCUT2D eigenvalue weighted by atomic mass is 10.1. The van der Waals surface area contributed by atoms with Gasteiger partial charge in [-0.2, -0.15) is 0 Å². The van der Waals surface area contributed by atoms with Crippen molar-refractivity contribution >= 4 is 17.4 Å². The van der Waals surface area contributed by atoms with E-state index in [1.54, 1.807) is 29.4 Å². The average molecular weight is 455 g/mol. The molecule has 6 heteroatoms. The fraction of sp³-hybridized carbons (Fsp3) is 0.179. The molecule has 0 bridgehead atoms. The zero-order valence-corrected chi connectivity index (χ0v) is 19.4. The maximum Gasteiger partial charge on any atom is 0.258 e. The first-order chi connectivity index (χ1) is 16.5. The largest absolute Gasteiger partial charge is 0.359 e. The van der Waals surface area contributed by atoms with Crippen LogP contribution in [0.1, 0.15) is 27.2 Å². The van der Waals surface area contributed by atoms with E-state index < -0.39 is 0 Å². The molecular weight excluding hydrogens is 427 g/mol. The summed E-state index contributed by atoms with van der Waals surface area (Å²) < 4.78 is 13.5. The molecule has 0 saturated carbocycles. The van der Waals surface area contributed by atoms with Gasteiger partial charge < -0.3 is 9.80 Å². The van der Waals surface area contributed by atoms with Crippen LogP contribution in [0, 0.1) is 12.7 Å². The smallest absolute Gasteiger partial charge is 0.258 e. The Balaban J connectivity index is 1.50. The highest BCUT2D eigenvalue weighted by Gasteiger charge is 2.19. The van der Waals surface area contributed by atoms with Gasteiger partial charge in [0.25, 0.3) is 5.91 Å². The predicted octanol–water partition coefficient (Wildman–Crippen LogP) is 5.45. The Morgan fingerprint density at radius 2 is 1.68 bits per heavy atom. The summed E-state index contributed by atoms with van der Waals surface area (Å²) in [5.41, 5.74) is 4.20. The lowest BCUT2D eigenvalue weighted by Crippen LogP contribution is -2.30. The van der Waals surface area contributed by atoms with Crippen LogP contribution < -0.4 is 9.80 Å². The minimum Gasteiger partial charge on any atom is -0.359 e. The molecule has 0 radical (unpaired) electrons. The molecule has 0 atom stereocenters. The third kappa shape index (κ3) is 5.84. The van der Waals surface area contributed by atoms with Gasteiger partial charge in [-0.1, -0.05) is 29.8 Å². The highest BCUT2D eigenvalue weighted by Crippen LogP contribution is 2.22. The third-order valence-electron chi connectivity index (χ3n) is 5.65. The number of hydrogen-bond donors (Lipinski definition) is 0. The van der Waals surface area contributed by atoms with Crippen LogP contribution in [0.5, 0.6) is 0 Å². The van der Waals surface area contributed by atoms with Crippen molar-refractivity contribution in [3.05, 3.63) is 119 Å². The highest BCUT2D eigenvalue weighted by molar-refractivity contribution is 6.06. The minimum atomic E-state index is -0.341. The van der Waals surface area contributed by atoms with E-state index in [4.69, 9.17) is 0 Å². The average Bonchev–Trinajstić information content (AvgIpc) is 2.87. The zero-order valence-electron chi connectivity index (χ0n) is 19.4. The molecule has 0 N–H and O–H groups in total. The van der Waals surface area contributed by atoms with Crippen LogP contribution in [0.4, 0.5) is 15.9 Å². The van der Waals surface area contributed by atoms with Crippen molar-refractivity contribution in [3.8, 4) is 0 Å². The molecule has 4 rings (SSSR count). The standard InChI is InChI=1S/C28H27FN4O/c1-21-6-9-23(10-7-21)28(34)33(26-13-11-24(29)12-14-26)20-22-8-15-27(31-19-22)32(2)18-16-25-5-3-4-17-30-25/h3-15,17,19H,16,18,20H2,1-2H3. The molecule has 2 aromatic heterocycles. The number of likely N-dealkylation sites (N-methyl/N-ethyl adjacent to an activating group) is 1. The molecule has 0 aliphatic carbocycles. The summed E-state index contributed by atoms with van der Waals surface area (Å²) in [7, 11) is 2.00. The number of hydrogen-bond acceptors (Lipinski definition) is 4. The molecule has 0 aliphatic heterocycles.